The first kappa shape index (κ1) is 17.8. The first-order valence-corrected chi connectivity index (χ1v) is 8.68. The third-order valence-corrected chi connectivity index (χ3v) is 4.24. The number of hydrogen-bond donors (Lipinski definition) is 3. The molecule has 0 aromatic heterocycles. The Labute approximate surface area is 152 Å². The van der Waals surface area contributed by atoms with Crippen LogP contribution in [0.25, 0.3) is 0 Å². The molecule has 0 unspecified atom stereocenters. The van der Waals surface area contributed by atoms with E-state index in [9.17, 15) is 9.59 Å². The smallest absolute Gasteiger partial charge is 0.246 e. The zero-order valence-electron chi connectivity index (χ0n) is 14.9. The van der Waals surface area contributed by atoms with E-state index in [1.807, 2.05) is 36.4 Å². The van der Waals surface area contributed by atoms with Crippen molar-refractivity contribution in [3.63, 3.8) is 0 Å². The minimum Gasteiger partial charge on any atom is -0.495 e. The summed E-state index contributed by atoms with van der Waals surface area (Å²) in [5, 5.41) is 8.90. The topological polar surface area (TPSA) is 79.5 Å². The van der Waals surface area contributed by atoms with Crippen LogP contribution < -0.4 is 20.7 Å². The Kier molecular flexibility index (Phi) is 5.41. The fourth-order valence-corrected chi connectivity index (χ4v) is 2.54. The van der Waals surface area contributed by atoms with Crippen molar-refractivity contribution in [2.24, 2.45) is 5.92 Å². The van der Waals surface area contributed by atoms with Crippen LogP contribution in [-0.4, -0.2) is 25.0 Å². The summed E-state index contributed by atoms with van der Waals surface area (Å²) in [5.41, 5.74) is 2.20. The van der Waals surface area contributed by atoms with Gasteiger partial charge in [0.05, 0.1) is 12.8 Å². The van der Waals surface area contributed by atoms with E-state index in [2.05, 4.69) is 16.0 Å². The molecule has 1 fully saturated rings. The number of hydrogen-bond acceptors (Lipinski definition) is 4. The summed E-state index contributed by atoms with van der Waals surface area (Å²) in [6.45, 7) is 1.79. The van der Waals surface area contributed by atoms with Crippen LogP contribution >= 0.6 is 0 Å². The monoisotopic (exact) mass is 353 g/mol. The minimum absolute atomic E-state index is 0.0789. The highest BCUT2D eigenvalue weighted by molar-refractivity contribution is 5.97. The molecule has 26 heavy (non-hydrogen) atoms. The van der Waals surface area contributed by atoms with E-state index in [1.165, 1.54) is 0 Å². The van der Waals surface area contributed by atoms with Gasteiger partial charge < -0.3 is 20.7 Å². The van der Waals surface area contributed by atoms with E-state index in [1.54, 1.807) is 26.2 Å². The van der Waals surface area contributed by atoms with Crippen molar-refractivity contribution in [1.29, 1.82) is 0 Å². The summed E-state index contributed by atoms with van der Waals surface area (Å²) in [5.74, 6) is 0.700. The maximum Gasteiger partial charge on any atom is 0.246 e. The highest BCUT2D eigenvalue weighted by Crippen LogP contribution is 2.30. The minimum atomic E-state index is -0.438. The lowest BCUT2D eigenvalue weighted by atomic mass is 10.2. The first-order chi connectivity index (χ1) is 12.6. The van der Waals surface area contributed by atoms with Gasteiger partial charge >= 0.3 is 0 Å². The second-order valence-electron chi connectivity index (χ2n) is 6.40. The molecule has 136 valence electrons. The molecule has 3 rings (SSSR count). The second-order valence-corrected chi connectivity index (χ2v) is 6.40. The van der Waals surface area contributed by atoms with E-state index in [0.29, 0.717) is 11.4 Å². The molecular weight excluding hydrogens is 330 g/mol. The van der Waals surface area contributed by atoms with Crippen molar-refractivity contribution < 1.29 is 14.3 Å². The molecule has 1 atom stereocenters. The van der Waals surface area contributed by atoms with Crippen LogP contribution in [0.1, 0.15) is 19.8 Å². The Morgan fingerprint density at radius 1 is 1.00 bits per heavy atom. The number of nitrogens with one attached hydrogen (secondary N) is 3. The SMILES string of the molecule is COc1ccccc1NC(=O)[C@@H](C)Nc1ccc(NC(=O)C2CC2)cc1. The molecular formula is C20H23N3O3. The normalized spacial score (nSPS) is 14.2. The van der Waals surface area contributed by atoms with Crippen molar-refractivity contribution in [3.05, 3.63) is 48.5 Å². The van der Waals surface area contributed by atoms with Gasteiger partial charge in [-0.2, -0.15) is 0 Å². The van der Waals surface area contributed by atoms with Crippen LogP contribution in [0.5, 0.6) is 5.75 Å². The van der Waals surface area contributed by atoms with Gasteiger partial charge in [0.1, 0.15) is 11.8 Å². The molecule has 2 aromatic rings. The number of carbonyl (C=O) groups is 2. The number of benzene rings is 2. The molecule has 0 radical (unpaired) electrons. The number of amides is 2. The molecule has 2 aromatic carbocycles. The van der Waals surface area contributed by atoms with Crippen molar-refractivity contribution >= 4 is 28.9 Å². The number of methoxy groups -OCH3 is 1. The van der Waals surface area contributed by atoms with Crippen LogP contribution in [0.4, 0.5) is 17.1 Å². The van der Waals surface area contributed by atoms with Crippen LogP contribution in [0, 0.1) is 5.92 Å². The third-order valence-electron chi connectivity index (χ3n) is 4.24. The predicted octanol–water partition coefficient (Wildman–Crippen LogP) is 3.48. The van der Waals surface area contributed by atoms with Crippen LogP contribution in [-0.2, 0) is 9.59 Å². The summed E-state index contributed by atoms with van der Waals surface area (Å²) in [4.78, 5) is 24.2. The summed E-state index contributed by atoms with van der Waals surface area (Å²) in [7, 11) is 1.57. The van der Waals surface area contributed by atoms with Crippen LogP contribution in [0.3, 0.4) is 0 Å². The average Bonchev–Trinajstić information content (AvgIpc) is 3.49. The zero-order chi connectivity index (χ0) is 18.5. The Morgan fingerprint density at radius 3 is 2.31 bits per heavy atom. The molecule has 0 saturated heterocycles. The fraction of sp³-hybridized carbons (Fsp3) is 0.300. The molecule has 0 aliphatic heterocycles. The van der Waals surface area contributed by atoms with Gasteiger partial charge in [0, 0.05) is 17.3 Å². The van der Waals surface area contributed by atoms with Crippen LogP contribution in [0.15, 0.2) is 48.5 Å². The molecule has 1 saturated carbocycles. The Balaban J connectivity index is 1.55. The molecule has 6 heteroatoms. The van der Waals surface area contributed by atoms with Crippen LogP contribution in [0.2, 0.25) is 0 Å². The summed E-state index contributed by atoms with van der Waals surface area (Å²) < 4.78 is 5.24. The zero-order valence-corrected chi connectivity index (χ0v) is 14.9. The second kappa shape index (κ2) is 7.91. The van der Waals surface area contributed by atoms with Gasteiger partial charge in [0.25, 0.3) is 0 Å². The van der Waals surface area contributed by atoms with Gasteiger partial charge in [-0.1, -0.05) is 12.1 Å². The Morgan fingerprint density at radius 2 is 1.65 bits per heavy atom. The van der Waals surface area contributed by atoms with Crippen molar-refractivity contribution in [1.82, 2.24) is 0 Å². The lowest BCUT2D eigenvalue weighted by Gasteiger charge is -2.17. The van der Waals surface area contributed by atoms with Gasteiger partial charge in [0.15, 0.2) is 0 Å². The van der Waals surface area contributed by atoms with Gasteiger partial charge in [-0.05, 0) is 56.2 Å². The lowest BCUT2D eigenvalue weighted by molar-refractivity contribution is -0.117. The number of para-hydroxylation sites is 2. The standard InChI is InChI=1S/C20H23N3O3/c1-13(19(24)23-17-5-3-4-6-18(17)26-2)21-15-9-11-16(12-10-15)22-20(25)14-7-8-14/h3-6,9-14,21H,7-8H2,1-2H3,(H,22,25)(H,23,24)/t13-/m1/s1. The summed E-state index contributed by atoms with van der Waals surface area (Å²) in [6, 6.07) is 14.2. The van der Waals surface area contributed by atoms with Crippen molar-refractivity contribution in [2.45, 2.75) is 25.8 Å². The largest absolute Gasteiger partial charge is 0.495 e. The Bertz CT molecular complexity index is 785. The maximum atomic E-state index is 12.4. The third kappa shape index (κ3) is 4.53. The Hall–Kier alpha value is -3.02. The molecule has 0 spiro atoms. The predicted molar refractivity (Wildman–Crippen MR) is 103 cm³/mol. The molecule has 3 N–H and O–H groups in total. The summed E-state index contributed by atoms with van der Waals surface area (Å²) in [6.07, 6.45) is 1.95. The van der Waals surface area contributed by atoms with E-state index < -0.39 is 6.04 Å². The number of ether oxygens (including phenoxy) is 1. The molecule has 1 aliphatic carbocycles. The number of anilines is 3. The molecule has 1 aliphatic rings. The van der Waals surface area contributed by atoms with E-state index in [0.717, 1.165) is 24.2 Å². The maximum absolute atomic E-state index is 12.4. The highest BCUT2D eigenvalue weighted by atomic mass is 16.5. The molecule has 6 nitrogen and oxygen atoms in total. The lowest BCUT2D eigenvalue weighted by Crippen LogP contribution is -2.32. The first-order valence-electron chi connectivity index (χ1n) is 8.68. The van der Waals surface area contributed by atoms with Crippen molar-refractivity contribution in [2.75, 3.05) is 23.1 Å². The molecule has 0 heterocycles. The van der Waals surface area contributed by atoms with Gasteiger partial charge in [0.2, 0.25) is 11.8 Å². The van der Waals surface area contributed by atoms with E-state index in [-0.39, 0.29) is 17.7 Å². The highest BCUT2D eigenvalue weighted by Gasteiger charge is 2.29. The van der Waals surface area contributed by atoms with E-state index in [4.69, 9.17) is 4.74 Å². The number of carbonyl (C=O) groups excluding carboxylic acids is 2. The van der Waals surface area contributed by atoms with Gasteiger partial charge in [-0.3, -0.25) is 9.59 Å². The summed E-state index contributed by atoms with van der Waals surface area (Å²) >= 11 is 0. The molecule has 2 amide bonds. The van der Waals surface area contributed by atoms with Crippen molar-refractivity contribution in [3.8, 4) is 5.75 Å². The average molecular weight is 353 g/mol. The fourth-order valence-electron chi connectivity index (χ4n) is 2.54. The van der Waals surface area contributed by atoms with Gasteiger partial charge in [-0.15, -0.1) is 0 Å². The van der Waals surface area contributed by atoms with Gasteiger partial charge in [-0.25, -0.2) is 0 Å². The quantitative estimate of drug-likeness (QED) is 0.712. The van der Waals surface area contributed by atoms with E-state index >= 15 is 0 Å². The molecule has 0 bridgehead atoms. The number of rotatable bonds is 7.